The highest BCUT2D eigenvalue weighted by Crippen LogP contribution is 2.22. The zero-order chi connectivity index (χ0) is 12.6. The van der Waals surface area contributed by atoms with Crippen molar-refractivity contribution in [3.63, 3.8) is 0 Å². The highest BCUT2D eigenvalue weighted by atomic mass is 79.9. The number of carbonyl (C=O) groups excluding carboxylic acids is 1. The average Bonchev–Trinajstić information content (AvgIpc) is 2.71. The first kappa shape index (κ1) is 12.0. The van der Waals surface area contributed by atoms with E-state index in [-0.39, 0.29) is 5.97 Å². The number of pyridine rings is 1. The number of esters is 1. The van der Waals surface area contributed by atoms with Crippen molar-refractivity contribution >= 4 is 27.5 Å². The Bertz CT molecular complexity index is 577. The van der Waals surface area contributed by atoms with Gasteiger partial charge in [-0.2, -0.15) is 5.10 Å². The van der Waals surface area contributed by atoms with E-state index in [2.05, 4.69) is 26.0 Å². The van der Waals surface area contributed by atoms with E-state index in [1.54, 1.807) is 24.6 Å². The molecular formula is C11H12BrN3O2. The highest BCUT2D eigenvalue weighted by Gasteiger charge is 2.35. The van der Waals surface area contributed by atoms with Crippen LogP contribution in [-0.4, -0.2) is 27.7 Å². The van der Waals surface area contributed by atoms with Crippen molar-refractivity contribution in [2.24, 2.45) is 0 Å². The Hall–Kier alpha value is -1.43. The molecule has 0 N–H and O–H groups in total. The van der Waals surface area contributed by atoms with Gasteiger partial charge < -0.3 is 4.74 Å². The molecule has 5 nitrogen and oxygen atoms in total. The maximum Gasteiger partial charge on any atom is 0.319 e. The van der Waals surface area contributed by atoms with Crippen molar-refractivity contribution in [3.05, 3.63) is 28.6 Å². The third-order valence-corrected chi connectivity index (χ3v) is 3.05. The number of hydrogen-bond donors (Lipinski definition) is 0. The van der Waals surface area contributed by atoms with E-state index in [0.717, 1.165) is 4.47 Å². The Kier molecular flexibility index (Phi) is 2.91. The Balaban J connectivity index is 2.53. The maximum atomic E-state index is 11.7. The van der Waals surface area contributed by atoms with Gasteiger partial charge in [0.1, 0.15) is 5.41 Å². The van der Waals surface area contributed by atoms with Gasteiger partial charge >= 0.3 is 5.97 Å². The number of aromatic nitrogens is 3. The molecule has 0 unspecified atom stereocenters. The van der Waals surface area contributed by atoms with Gasteiger partial charge in [0, 0.05) is 10.7 Å². The molecule has 2 heterocycles. The minimum absolute atomic E-state index is 0.354. The molecule has 0 amide bonds. The number of fused-ring (bicyclic) bond motifs is 1. The van der Waals surface area contributed by atoms with Crippen LogP contribution in [0.1, 0.15) is 19.7 Å². The summed E-state index contributed by atoms with van der Waals surface area (Å²) < 4.78 is 7.30. The van der Waals surface area contributed by atoms with Gasteiger partial charge in [0.05, 0.1) is 7.11 Å². The molecule has 0 spiro atoms. The normalized spacial score (nSPS) is 11.8. The van der Waals surface area contributed by atoms with E-state index >= 15 is 0 Å². The third kappa shape index (κ3) is 2.04. The fourth-order valence-corrected chi connectivity index (χ4v) is 1.79. The largest absolute Gasteiger partial charge is 0.468 e. The number of ether oxygens (including phenoxy) is 1. The minimum Gasteiger partial charge on any atom is -0.468 e. The van der Waals surface area contributed by atoms with Crippen molar-refractivity contribution < 1.29 is 9.53 Å². The van der Waals surface area contributed by atoms with Gasteiger partial charge in [0.2, 0.25) is 0 Å². The monoisotopic (exact) mass is 297 g/mol. The molecule has 2 aromatic rings. The lowest BCUT2D eigenvalue weighted by Gasteiger charge is -2.16. The summed E-state index contributed by atoms with van der Waals surface area (Å²) in [5.41, 5.74) is -0.167. The first-order valence-electron chi connectivity index (χ1n) is 5.06. The second-order valence-corrected chi connectivity index (χ2v) is 5.12. The van der Waals surface area contributed by atoms with Crippen molar-refractivity contribution in [2.45, 2.75) is 19.3 Å². The molecule has 0 aliphatic heterocycles. The number of carbonyl (C=O) groups is 1. The van der Waals surface area contributed by atoms with Gasteiger partial charge in [-0.15, -0.1) is 0 Å². The molecule has 0 atom stereocenters. The summed E-state index contributed by atoms with van der Waals surface area (Å²) in [5, 5.41) is 4.28. The van der Waals surface area contributed by atoms with Crippen LogP contribution in [0, 0.1) is 0 Å². The molecule has 0 saturated heterocycles. The topological polar surface area (TPSA) is 56.5 Å². The Labute approximate surface area is 107 Å². The average molecular weight is 298 g/mol. The van der Waals surface area contributed by atoms with Crippen molar-refractivity contribution in [1.29, 1.82) is 0 Å². The number of rotatable bonds is 2. The lowest BCUT2D eigenvalue weighted by Crippen LogP contribution is -2.31. The second-order valence-electron chi connectivity index (χ2n) is 4.20. The summed E-state index contributed by atoms with van der Waals surface area (Å²) in [4.78, 5) is 16.0. The summed E-state index contributed by atoms with van der Waals surface area (Å²) in [7, 11) is 1.36. The van der Waals surface area contributed by atoms with Crippen LogP contribution in [0.2, 0.25) is 0 Å². The van der Waals surface area contributed by atoms with Crippen LogP contribution in [-0.2, 0) is 14.9 Å². The number of methoxy groups -OCH3 is 1. The molecule has 0 fully saturated rings. The van der Waals surface area contributed by atoms with Crippen molar-refractivity contribution in [1.82, 2.24) is 14.6 Å². The molecule has 0 saturated carbocycles. The summed E-state index contributed by atoms with van der Waals surface area (Å²) in [6.45, 7) is 3.48. The lowest BCUT2D eigenvalue weighted by molar-refractivity contribution is -0.146. The van der Waals surface area contributed by atoms with Gasteiger partial charge in [0.15, 0.2) is 11.5 Å². The molecule has 0 bridgehead atoms. The van der Waals surface area contributed by atoms with Crippen LogP contribution in [0.15, 0.2) is 22.8 Å². The second kappa shape index (κ2) is 4.10. The maximum absolute atomic E-state index is 11.7. The molecule has 6 heteroatoms. The summed E-state index contributed by atoms with van der Waals surface area (Å²) in [6, 6.07) is 3.69. The fourth-order valence-electron chi connectivity index (χ4n) is 1.47. The Morgan fingerprint density at radius 2 is 2.24 bits per heavy atom. The van der Waals surface area contributed by atoms with E-state index in [4.69, 9.17) is 4.74 Å². The van der Waals surface area contributed by atoms with Gasteiger partial charge in [-0.05, 0) is 26.0 Å². The van der Waals surface area contributed by atoms with E-state index in [1.807, 2.05) is 12.1 Å². The quantitative estimate of drug-likeness (QED) is 0.795. The zero-order valence-electron chi connectivity index (χ0n) is 9.77. The third-order valence-electron chi connectivity index (χ3n) is 2.55. The number of hydrogen-bond acceptors (Lipinski definition) is 4. The Morgan fingerprint density at radius 3 is 2.88 bits per heavy atom. The van der Waals surface area contributed by atoms with Gasteiger partial charge in [-0.3, -0.25) is 4.79 Å². The molecule has 17 heavy (non-hydrogen) atoms. The predicted molar refractivity (Wildman–Crippen MR) is 65.7 cm³/mol. The number of nitrogens with zero attached hydrogens (tertiary/aromatic N) is 3. The predicted octanol–water partition coefficient (Wildman–Crippen LogP) is 1.94. The summed E-state index contributed by atoms with van der Waals surface area (Å²) in [6.07, 6.45) is 1.78. The molecule has 0 aromatic carbocycles. The summed E-state index contributed by atoms with van der Waals surface area (Å²) in [5.74, 6) is 0.0925. The number of halogens is 1. The molecule has 0 aliphatic carbocycles. The van der Waals surface area contributed by atoms with Crippen molar-refractivity contribution in [3.8, 4) is 0 Å². The first-order valence-corrected chi connectivity index (χ1v) is 5.85. The van der Waals surface area contributed by atoms with E-state index in [9.17, 15) is 4.79 Å². The SMILES string of the molecule is COC(=O)C(C)(C)c1nc2cc(Br)ccn2n1. The Morgan fingerprint density at radius 1 is 1.53 bits per heavy atom. The molecule has 0 radical (unpaired) electrons. The molecule has 2 rings (SSSR count). The molecule has 0 aliphatic rings. The molecule has 90 valence electrons. The van der Waals surface area contributed by atoms with Crippen LogP contribution < -0.4 is 0 Å². The van der Waals surface area contributed by atoms with E-state index in [0.29, 0.717) is 11.5 Å². The van der Waals surface area contributed by atoms with Crippen LogP contribution in [0.4, 0.5) is 0 Å². The van der Waals surface area contributed by atoms with Gasteiger partial charge in [-0.25, -0.2) is 9.50 Å². The highest BCUT2D eigenvalue weighted by molar-refractivity contribution is 9.10. The van der Waals surface area contributed by atoms with Gasteiger partial charge in [0.25, 0.3) is 0 Å². The van der Waals surface area contributed by atoms with E-state index < -0.39 is 5.41 Å². The molecular weight excluding hydrogens is 286 g/mol. The lowest BCUT2D eigenvalue weighted by atomic mass is 9.93. The van der Waals surface area contributed by atoms with Crippen LogP contribution in [0.5, 0.6) is 0 Å². The van der Waals surface area contributed by atoms with Crippen LogP contribution in [0.25, 0.3) is 5.65 Å². The minimum atomic E-state index is -0.854. The van der Waals surface area contributed by atoms with Crippen LogP contribution >= 0.6 is 15.9 Å². The van der Waals surface area contributed by atoms with E-state index in [1.165, 1.54) is 7.11 Å². The zero-order valence-corrected chi connectivity index (χ0v) is 11.4. The standard InChI is InChI=1S/C11H12BrN3O2/c1-11(2,10(16)17-3)9-13-8-6-7(12)4-5-15(8)14-9/h4-6H,1-3H3. The first-order chi connectivity index (χ1) is 7.95. The summed E-state index contributed by atoms with van der Waals surface area (Å²) >= 11 is 3.36. The van der Waals surface area contributed by atoms with Crippen molar-refractivity contribution in [2.75, 3.05) is 7.11 Å². The van der Waals surface area contributed by atoms with Crippen LogP contribution in [0.3, 0.4) is 0 Å². The smallest absolute Gasteiger partial charge is 0.319 e. The van der Waals surface area contributed by atoms with Gasteiger partial charge in [-0.1, -0.05) is 15.9 Å². The fraction of sp³-hybridized carbons (Fsp3) is 0.364. The molecule has 2 aromatic heterocycles.